The molecular formula is C24H26N2O2. The van der Waals surface area contributed by atoms with E-state index in [-0.39, 0.29) is 6.03 Å². The van der Waals surface area contributed by atoms with Gasteiger partial charge in [-0.15, -0.1) is 0 Å². The number of hydrogen-bond donors (Lipinski definition) is 1. The van der Waals surface area contributed by atoms with Gasteiger partial charge < -0.3 is 15.0 Å². The van der Waals surface area contributed by atoms with Gasteiger partial charge in [0.05, 0.1) is 6.54 Å². The molecule has 28 heavy (non-hydrogen) atoms. The van der Waals surface area contributed by atoms with Crippen molar-refractivity contribution < 1.29 is 9.53 Å². The smallest absolute Gasteiger partial charge is 0.317 e. The van der Waals surface area contributed by atoms with Gasteiger partial charge in [-0.05, 0) is 22.8 Å². The summed E-state index contributed by atoms with van der Waals surface area (Å²) in [5.74, 6) is 0.864. The van der Waals surface area contributed by atoms with Gasteiger partial charge in [0.1, 0.15) is 12.4 Å². The van der Waals surface area contributed by atoms with E-state index in [4.69, 9.17) is 4.74 Å². The molecule has 1 N–H and O–H groups in total. The number of urea groups is 1. The Kier molecular flexibility index (Phi) is 7.08. The van der Waals surface area contributed by atoms with Crippen LogP contribution in [0.2, 0.25) is 0 Å². The number of nitrogens with zero attached hydrogens (tertiary/aromatic N) is 1. The number of benzene rings is 3. The first-order chi connectivity index (χ1) is 13.8. The number of carbonyl (C=O) groups is 1. The van der Waals surface area contributed by atoms with Crippen molar-refractivity contribution in [1.82, 2.24) is 10.2 Å². The fourth-order valence-corrected chi connectivity index (χ4v) is 3.09. The van der Waals surface area contributed by atoms with Crippen molar-refractivity contribution in [2.75, 3.05) is 20.2 Å². The highest BCUT2D eigenvalue weighted by atomic mass is 16.5. The van der Waals surface area contributed by atoms with E-state index in [2.05, 4.69) is 23.5 Å². The Labute approximate surface area is 166 Å². The van der Waals surface area contributed by atoms with Gasteiger partial charge in [-0.25, -0.2) is 4.79 Å². The third-order valence-electron chi connectivity index (χ3n) is 4.55. The van der Waals surface area contributed by atoms with Crippen LogP contribution in [0.3, 0.4) is 0 Å². The summed E-state index contributed by atoms with van der Waals surface area (Å²) in [6.07, 6.45) is 0.820. The highest BCUT2D eigenvalue weighted by Gasteiger charge is 2.13. The molecule has 0 spiro atoms. The Morgan fingerprint density at radius 3 is 2.14 bits per heavy atom. The Balaban J connectivity index is 1.61. The minimum atomic E-state index is -0.106. The molecule has 0 saturated carbocycles. The van der Waals surface area contributed by atoms with E-state index in [1.165, 1.54) is 5.56 Å². The van der Waals surface area contributed by atoms with Gasteiger partial charge in [0.2, 0.25) is 0 Å². The first-order valence-corrected chi connectivity index (χ1v) is 9.51. The zero-order valence-corrected chi connectivity index (χ0v) is 16.2. The summed E-state index contributed by atoms with van der Waals surface area (Å²) in [6.45, 7) is 1.50. The third-order valence-corrected chi connectivity index (χ3v) is 4.55. The van der Waals surface area contributed by atoms with E-state index in [9.17, 15) is 4.79 Å². The van der Waals surface area contributed by atoms with Crippen molar-refractivity contribution in [3.8, 4) is 5.75 Å². The van der Waals surface area contributed by atoms with Gasteiger partial charge in [0.15, 0.2) is 0 Å². The van der Waals surface area contributed by atoms with Crippen molar-refractivity contribution in [1.29, 1.82) is 0 Å². The van der Waals surface area contributed by atoms with E-state index in [0.29, 0.717) is 19.7 Å². The first kappa shape index (κ1) is 19.5. The van der Waals surface area contributed by atoms with E-state index in [1.54, 1.807) is 11.9 Å². The lowest BCUT2D eigenvalue weighted by Crippen LogP contribution is -2.40. The van der Waals surface area contributed by atoms with Crippen LogP contribution in [0.4, 0.5) is 4.79 Å². The summed E-state index contributed by atoms with van der Waals surface area (Å²) in [5.41, 5.74) is 3.48. The van der Waals surface area contributed by atoms with E-state index in [0.717, 1.165) is 23.3 Å². The molecule has 4 nitrogen and oxygen atoms in total. The highest BCUT2D eigenvalue weighted by molar-refractivity contribution is 5.73. The summed E-state index contributed by atoms with van der Waals surface area (Å²) < 4.78 is 6.05. The molecule has 0 aliphatic carbocycles. The Hall–Kier alpha value is -3.27. The maximum Gasteiger partial charge on any atom is 0.317 e. The molecule has 0 atom stereocenters. The molecule has 0 fully saturated rings. The van der Waals surface area contributed by atoms with Gasteiger partial charge in [0.25, 0.3) is 0 Å². The van der Waals surface area contributed by atoms with E-state index >= 15 is 0 Å². The lowest BCUT2D eigenvalue weighted by Gasteiger charge is -2.23. The molecule has 3 aromatic carbocycles. The van der Waals surface area contributed by atoms with Crippen LogP contribution < -0.4 is 10.1 Å². The average molecular weight is 374 g/mol. The summed E-state index contributed by atoms with van der Waals surface area (Å²) in [4.78, 5) is 14.0. The second-order valence-corrected chi connectivity index (χ2v) is 6.58. The molecule has 0 heterocycles. The van der Waals surface area contributed by atoms with Crippen LogP contribution in [0.15, 0.2) is 84.9 Å². The molecule has 0 aliphatic heterocycles. The van der Waals surface area contributed by atoms with Gasteiger partial charge >= 0.3 is 6.03 Å². The van der Waals surface area contributed by atoms with Crippen LogP contribution in [-0.2, 0) is 13.0 Å². The van der Waals surface area contributed by atoms with Crippen LogP contribution >= 0.6 is 0 Å². The fourth-order valence-electron chi connectivity index (χ4n) is 3.09. The minimum Gasteiger partial charge on any atom is -0.491 e. The maximum absolute atomic E-state index is 12.2. The second kappa shape index (κ2) is 10.2. The number of nitrogens with one attached hydrogen (secondary N) is 1. The fraction of sp³-hybridized carbons (Fsp3) is 0.208. The third kappa shape index (κ3) is 5.61. The molecule has 2 amide bonds. The number of rotatable bonds is 8. The monoisotopic (exact) mass is 374 g/mol. The van der Waals surface area contributed by atoms with Gasteiger partial charge in [-0.2, -0.15) is 0 Å². The van der Waals surface area contributed by atoms with Crippen LogP contribution in [0, 0.1) is 0 Å². The normalized spacial score (nSPS) is 10.3. The van der Waals surface area contributed by atoms with Gasteiger partial charge in [-0.3, -0.25) is 0 Å². The topological polar surface area (TPSA) is 41.6 Å². The van der Waals surface area contributed by atoms with Gasteiger partial charge in [-0.1, -0.05) is 78.9 Å². The quantitative estimate of drug-likeness (QED) is 0.631. The van der Waals surface area contributed by atoms with Crippen LogP contribution in [0.5, 0.6) is 5.75 Å². The lowest BCUT2D eigenvalue weighted by atomic mass is 10.0. The Morgan fingerprint density at radius 2 is 1.46 bits per heavy atom. The zero-order valence-electron chi connectivity index (χ0n) is 16.2. The summed E-state index contributed by atoms with van der Waals surface area (Å²) >= 11 is 0. The molecule has 0 aromatic heterocycles. The number of para-hydroxylation sites is 1. The number of ether oxygens (including phenoxy) is 1. The maximum atomic E-state index is 12.2. The van der Waals surface area contributed by atoms with E-state index in [1.807, 2.05) is 66.7 Å². The van der Waals surface area contributed by atoms with Crippen molar-refractivity contribution >= 4 is 6.03 Å². The van der Waals surface area contributed by atoms with Crippen molar-refractivity contribution in [2.45, 2.75) is 13.0 Å². The number of hydrogen-bond acceptors (Lipinski definition) is 2. The highest BCUT2D eigenvalue weighted by Crippen LogP contribution is 2.21. The molecule has 4 heteroatoms. The molecule has 3 aromatic rings. The second-order valence-electron chi connectivity index (χ2n) is 6.58. The average Bonchev–Trinajstić information content (AvgIpc) is 2.75. The van der Waals surface area contributed by atoms with Crippen LogP contribution in [-0.4, -0.2) is 31.1 Å². The van der Waals surface area contributed by atoms with Gasteiger partial charge in [0, 0.05) is 20.0 Å². The SMILES string of the molecule is CNC(=O)N(CCOc1ccccc1Cc1ccccc1)Cc1ccccc1. The molecular weight excluding hydrogens is 348 g/mol. The molecule has 0 aliphatic rings. The van der Waals surface area contributed by atoms with Crippen LogP contribution in [0.1, 0.15) is 16.7 Å². The molecule has 3 rings (SSSR count). The van der Waals surface area contributed by atoms with Crippen molar-refractivity contribution in [2.24, 2.45) is 0 Å². The zero-order chi connectivity index (χ0) is 19.6. The summed E-state index contributed by atoms with van der Waals surface area (Å²) in [6, 6.07) is 28.3. The molecule has 0 saturated heterocycles. The summed E-state index contributed by atoms with van der Waals surface area (Å²) in [7, 11) is 1.65. The number of amides is 2. The minimum absolute atomic E-state index is 0.106. The predicted octanol–water partition coefficient (Wildman–Crippen LogP) is 4.50. The molecule has 0 bridgehead atoms. The molecule has 0 unspecified atom stereocenters. The van der Waals surface area contributed by atoms with Crippen LogP contribution in [0.25, 0.3) is 0 Å². The first-order valence-electron chi connectivity index (χ1n) is 9.51. The molecule has 0 radical (unpaired) electrons. The summed E-state index contributed by atoms with van der Waals surface area (Å²) in [5, 5.41) is 2.71. The van der Waals surface area contributed by atoms with E-state index < -0.39 is 0 Å². The Bertz CT molecular complexity index is 866. The van der Waals surface area contributed by atoms with Crippen molar-refractivity contribution in [3.63, 3.8) is 0 Å². The lowest BCUT2D eigenvalue weighted by molar-refractivity contribution is 0.181. The largest absolute Gasteiger partial charge is 0.491 e. The number of carbonyl (C=O) groups excluding carboxylic acids is 1. The molecule has 144 valence electrons. The van der Waals surface area contributed by atoms with Crippen molar-refractivity contribution in [3.05, 3.63) is 102 Å². The Morgan fingerprint density at radius 1 is 0.857 bits per heavy atom. The standard InChI is InChI=1S/C24H26N2O2/c1-25-24(27)26(19-21-12-6-3-7-13-21)16-17-28-23-15-9-8-14-22(23)18-20-10-4-2-5-11-20/h2-15H,16-19H2,1H3,(H,25,27). The predicted molar refractivity (Wildman–Crippen MR) is 112 cm³/mol.